The van der Waals surface area contributed by atoms with E-state index in [-0.39, 0.29) is 10.8 Å². The summed E-state index contributed by atoms with van der Waals surface area (Å²) in [7, 11) is 2.01. The molecule has 10 heteroatoms. The van der Waals surface area contributed by atoms with Crippen molar-refractivity contribution in [3.8, 4) is 11.5 Å². The van der Waals surface area contributed by atoms with Crippen LogP contribution in [0.1, 0.15) is 19.4 Å². The molecule has 0 aliphatic carbocycles. The van der Waals surface area contributed by atoms with Gasteiger partial charge in [-0.05, 0) is 37.6 Å². The largest absolute Gasteiger partial charge is 0.497 e. The highest BCUT2D eigenvalue weighted by molar-refractivity contribution is 7.89. The third kappa shape index (κ3) is 4.15. The molecule has 2 aromatic carbocycles. The molecule has 1 N–H and O–H groups in total. The van der Waals surface area contributed by atoms with Gasteiger partial charge in [-0.2, -0.15) is 4.31 Å². The highest BCUT2D eigenvalue weighted by atomic mass is 32.2. The van der Waals surface area contributed by atoms with Gasteiger partial charge in [0.1, 0.15) is 11.5 Å². The van der Waals surface area contributed by atoms with Crippen molar-refractivity contribution in [2.45, 2.75) is 24.2 Å². The summed E-state index contributed by atoms with van der Waals surface area (Å²) >= 11 is 0. The Hall–Kier alpha value is -3.11. The van der Waals surface area contributed by atoms with Crippen molar-refractivity contribution < 1.29 is 27.5 Å². The van der Waals surface area contributed by atoms with E-state index < -0.39 is 27.9 Å². The van der Waals surface area contributed by atoms with Crippen molar-refractivity contribution >= 4 is 33.2 Å². The van der Waals surface area contributed by atoms with Gasteiger partial charge in [0, 0.05) is 43.7 Å². The number of fused-ring (bicyclic) bond motifs is 1. The van der Waals surface area contributed by atoms with Crippen molar-refractivity contribution in [2.75, 3.05) is 45.1 Å². The number of rotatable bonds is 7. The second-order valence-corrected chi connectivity index (χ2v) is 10.1. The summed E-state index contributed by atoms with van der Waals surface area (Å²) in [6, 6.07) is 9.43. The Kier molecular flexibility index (Phi) is 6.21. The first-order valence-electron chi connectivity index (χ1n) is 9.83. The summed E-state index contributed by atoms with van der Waals surface area (Å²) in [4.78, 5) is 26.5. The molecule has 2 amide bonds. The number of nitrogens with zero attached hydrogens (tertiary/aromatic N) is 2. The van der Waals surface area contributed by atoms with Crippen LogP contribution in [0.3, 0.4) is 0 Å². The van der Waals surface area contributed by atoms with Gasteiger partial charge in [-0.25, -0.2) is 8.42 Å². The first kappa shape index (κ1) is 23.6. The van der Waals surface area contributed by atoms with Crippen LogP contribution in [0.2, 0.25) is 0 Å². The molecule has 0 aromatic heterocycles. The van der Waals surface area contributed by atoms with E-state index >= 15 is 0 Å². The van der Waals surface area contributed by atoms with Crippen LogP contribution in [0.5, 0.6) is 11.5 Å². The van der Waals surface area contributed by atoms with Crippen LogP contribution in [0.4, 0.5) is 11.4 Å². The van der Waals surface area contributed by atoms with E-state index in [1.807, 2.05) is 0 Å². The van der Waals surface area contributed by atoms with E-state index in [2.05, 4.69) is 5.32 Å². The molecule has 0 radical (unpaired) electrons. The lowest BCUT2D eigenvalue weighted by Crippen LogP contribution is -2.35. The average molecular weight is 462 g/mol. The van der Waals surface area contributed by atoms with E-state index in [1.54, 1.807) is 45.2 Å². The van der Waals surface area contributed by atoms with Gasteiger partial charge in [0.25, 0.3) is 0 Å². The minimum Gasteiger partial charge on any atom is -0.497 e. The monoisotopic (exact) mass is 461 g/mol. The summed E-state index contributed by atoms with van der Waals surface area (Å²) in [5.41, 5.74) is 0.883. The summed E-state index contributed by atoms with van der Waals surface area (Å²) in [6.45, 7) is 3.11. The van der Waals surface area contributed by atoms with Gasteiger partial charge in [-0.15, -0.1) is 0 Å². The zero-order valence-electron chi connectivity index (χ0n) is 18.9. The SMILES string of the molecule is COc1cc(NC(=O)CN(C)S(=O)(=O)c2ccc3c(c2)C(C)(C)C(=O)N3C)cc(OC)c1. The second kappa shape index (κ2) is 8.44. The second-order valence-electron chi connectivity index (χ2n) is 8.08. The molecule has 0 spiro atoms. The summed E-state index contributed by atoms with van der Waals surface area (Å²) < 4.78 is 37.5. The fourth-order valence-electron chi connectivity index (χ4n) is 3.66. The number of anilines is 2. The van der Waals surface area contributed by atoms with Crippen LogP contribution in [-0.4, -0.2) is 59.4 Å². The van der Waals surface area contributed by atoms with E-state index in [0.29, 0.717) is 28.4 Å². The molecule has 0 atom stereocenters. The van der Waals surface area contributed by atoms with Gasteiger partial charge in [0.2, 0.25) is 21.8 Å². The van der Waals surface area contributed by atoms with Crippen LogP contribution in [-0.2, 0) is 25.0 Å². The number of likely N-dealkylation sites (N-methyl/N-ethyl adjacent to an activating group) is 2. The number of methoxy groups -OCH3 is 2. The Morgan fingerprint density at radius 1 is 1.09 bits per heavy atom. The standard InChI is InChI=1S/C22H27N3O6S/c1-22(2)18-12-17(7-8-19(18)25(4)21(22)27)32(28,29)24(3)13-20(26)23-14-9-15(30-5)11-16(10-14)31-6/h7-12H,13H2,1-6H3,(H,23,26). The molecule has 0 bridgehead atoms. The van der Waals surface area contributed by atoms with Crippen molar-refractivity contribution in [1.29, 1.82) is 0 Å². The van der Waals surface area contributed by atoms with E-state index in [0.717, 1.165) is 4.31 Å². The Morgan fingerprint density at radius 3 is 2.25 bits per heavy atom. The number of benzene rings is 2. The average Bonchev–Trinajstić information content (AvgIpc) is 2.93. The minimum atomic E-state index is -3.97. The molecule has 172 valence electrons. The third-order valence-electron chi connectivity index (χ3n) is 5.55. The van der Waals surface area contributed by atoms with Gasteiger partial charge < -0.3 is 19.7 Å². The maximum Gasteiger partial charge on any atom is 0.243 e. The number of carbonyl (C=O) groups excluding carboxylic acids is 2. The molecule has 2 aromatic rings. The van der Waals surface area contributed by atoms with Crippen molar-refractivity contribution in [3.63, 3.8) is 0 Å². The smallest absolute Gasteiger partial charge is 0.243 e. The van der Waals surface area contributed by atoms with E-state index in [4.69, 9.17) is 9.47 Å². The van der Waals surface area contributed by atoms with Gasteiger partial charge in [0.15, 0.2) is 0 Å². The van der Waals surface area contributed by atoms with E-state index in [1.165, 1.54) is 38.3 Å². The summed E-state index contributed by atoms with van der Waals surface area (Å²) in [5.74, 6) is 0.341. The number of ether oxygens (including phenoxy) is 2. The normalized spacial score (nSPS) is 15.0. The maximum absolute atomic E-state index is 13.1. The number of hydrogen-bond donors (Lipinski definition) is 1. The molecule has 1 aliphatic rings. The molecule has 0 fully saturated rings. The van der Waals surface area contributed by atoms with Crippen LogP contribution in [0.15, 0.2) is 41.3 Å². The molecular weight excluding hydrogens is 434 g/mol. The molecule has 32 heavy (non-hydrogen) atoms. The predicted octanol–water partition coefficient (Wildman–Crippen LogP) is 2.22. The van der Waals surface area contributed by atoms with Crippen LogP contribution >= 0.6 is 0 Å². The van der Waals surface area contributed by atoms with Gasteiger partial charge in [-0.1, -0.05) is 0 Å². The van der Waals surface area contributed by atoms with E-state index in [9.17, 15) is 18.0 Å². The molecule has 0 saturated carbocycles. The molecule has 0 unspecified atom stereocenters. The summed E-state index contributed by atoms with van der Waals surface area (Å²) in [5, 5.41) is 2.66. The first-order chi connectivity index (χ1) is 14.9. The predicted molar refractivity (Wildman–Crippen MR) is 121 cm³/mol. The Balaban J connectivity index is 1.80. The Labute approximate surface area is 188 Å². The quantitative estimate of drug-likeness (QED) is 0.678. The van der Waals surface area contributed by atoms with Crippen molar-refractivity contribution in [2.24, 2.45) is 0 Å². The number of hydrogen-bond acceptors (Lipinski definition) is 6. The zero-order valence-corrected chi connectivity index (χ0v) is 19.7. The van der Waals surface area contributed by atoms with Crippen LogP contribution in [0.25, 0.3) is 0 Å². The fraction of sp³-hybridized carbons (Fsp3) is 0.364. The molecule has 9 nitrogen and oxygen atoms in total. The first-order valence-corrected chi connectivity index (χ1v) is 11.3. The van der Waals surface area contributed by atoms with Crippen molar-refractivity contribution in [3.05, 3.63) is 42.0 Å². The highest BCUT2D eigenvalue weighted by Gasteiger charge is 2.43. The van der Waals surface area contributed by atoms with Gasteiger partial charge in [0.05, 0.1) is 31.1 Å². The zero-order chi connectivity index (χ0) is 23.8. The lowest BCUT2D eigenvalue weighted by Gasteiger charge is -2.19. The number of sulfonamides is 1. The Bertz CT molecular complexity index is 1150. The number of amides is 2. The van der Waals surface area contributed by atoms with Gasteiger partial charge >= 0.3 is 0 Å². The maximum atomic E-state index is 13.1. The van der Waals surface area contributed by atoms with Crippen LogP contribution < -0.4 is 19.7 Å². The molecule has 1 aliphatic heterocycles. The number of nitrogens with one attached hydrogen (secondary N) is 1. The van der Waals surface area contributed by atoms with Crippen molar-refractivity contribution in [1.82, 2.24) is 4.31 Å². The minimum absolute atomic E-state index is 0.0192. The molecular formula is C22H27N3O6S. The molecule has 1 heterocycles. The highest BCUT2D eigenvalue weighted by Crippen LogP contribution is 2.41. The fourth-order valence-corrected chi connectivity index (χ4v) is 4.81. The Morgan fingerprint density at radius 2 is 1.69 bits per heavy atom. The third-order valence-corrected chi connectivity index (χ3v) is 7.35. The molecule has 3 rings (SSSR count). The lowest BCUT2D eigenvalue weighted by molar-refractivity contribution is -0.121. The lowest BCUT2D eigenvalue weighted by atomic mass is 9.86. The molecule has 0 saturated heterocycles. The summed E-state index contributed by atoms with van der Waals surface area (Å²) in [6.07, 6.45) is 0. The van der Waals surface area contributed by atoms with Crippen LogP contribution in [0, 0.1) is 0 Å². The van der Waals surface area contributed by atoms with Gasteiger partial charge in [-0.3, -0.25) is 9.59 Å². The number of carbonyl (C=O) groups is 2. The topological polar surface area (TPSA) is 105 Å².